The van der Waals surface area contributed by atoms with E-state index in [4.69, 9.17) is 5.11 Å². The Morgan fingerprint density at radius 3 is 2.28 bits per heavy atom. The number of aliphatic carboxylic acids is 1. The van der Waals surface area contributed by atoms with Crippen molar-refractivity contribution in [3.8, 4) is 0 Å². The van der Waals surface area contributed by atoms with Crippen LogP contribution in [0.3, 0.4) is 0 Å². The van der Waals surface area contributed by atoms with Gasteiger partial charge in [-0.25, -0.2) is 0 Å². The van der Waals surface area contributed by atoms with Crippen molar-refractivity contribution in [1.82, 2.24) is 25.3 Å². The Kier molecular flexibility index (Phi) is 10.4. The molecule has 2 rings (SSSR count). The predicted octanol–water partition coefficient (Wildman–Crippen LogP) is -0.424. The number of amides is 2. The summed E-state index contributed by atoms with van der Waals surface area (Å²) in [5.41, 5.74) is 0. The maximum Gasteiger partial charge on any atom is 0.303 e. The molecule has 0 saturated carbocycles. The topological polar surface area (TPSA) is 105 Å². The number of rotatable bonds is 12. The fourth-order valence-corrected chi connectivity index (χ4v) is 3.91. The van der Waals surface area contributed by atoms with Crippen molar-refractivity contribution in [2.45, 2.75) is 44.6 Å². The lowest BCUT2D eigenvalue weighted by molar-refractivity contribution is -0.137. The van der Waals surface area contributed by atoms with E-state index in [0.29, 0.717) is 44.9 Å². The van der Waals surface area contributed by atoms with Crippen LogP contribution in [0.5, 0.6) is 0 Å². The number of carboxylic acid groups (broad SMARTS) is 1. The van der Waals surface area contributed by atoms with Gasteiger partial charge in [0.25, 0.3) is 0 Å². The second-order valence-electron chi connectivity index (χ2n) is 8.17. The van der Waals surface area contributed by atoms with Crippen LogP contribution in [0.1, 0.15) is 38.5 Å². The zero-order chi connectivity index (χ0) is 21.1. The number of nitrogens with zero attached hydrogens (tertiary/aromatic N) is 3. The van der Waals surface area contributed by atoms with Gasteiger partial charge in [-0.05, 0) is 39.3 Å². The number of carboxylic acids is 1. The zero-order valence-electron chi connectivity index (χ0n) is 17.7. The van der Waals surface area contributed by atoms with Crippen molar-refractivity contribution in [1.29, 1.82) is 0 Å². The minimum atomic E-state index is -0.856. The predicted molar refractivity (Wildman–Crippen MR) is 111 cm³/mol. The van der Waals surface area contributed by atoms with E-state index in [2.05, 4.69) is 32.4 Å². The normalized spacial score (nSPS) is 21.2. The molecule has 2 amide bonds. The van der Waals surface area contributed by atoms with Crippen molar-refractivity contribution in [3.63, 3.8) is 0 Å². The van der Waals surface area contributed by atoms with Gasteiger partial charge >= 0.3 is 5.97 Å². The van der Waals surface area contributed by atoms with Crippen LogP contribution >= 0.6 is 0 Å². The summed E-state index contributed by atoms with van der Waals surface area (Å²) in [7, 11) is 2.16. The summed E-state index contributed by atoms with van der Waals surface area (Å²) in [4.78, 5) is 41.5. The summed E-state index contributed by atoms with van der Waals surface area (Å²) in [5, 5.41) is 14.2. The number of carbonyl (C=O) groups excluding carboxylic acids is 2. The first-order valence-electron chi connectivity index (χ1n) is 10.8. The van der Waals surface area contributed by atoms with Crippen LogP contribution in [0.4, 0.5) is 0 Å². The second kappa shape index (κ2) is 12.8. The molecule has 1 atom stereocenters. The lowest BCUT2D eigenvalue weighted by Gasteiger charge is -2.36. The summed E-state index contributed by atoms with van der Waals surface area (Å²) in [6.07, 6.45) is 3.71. The minimum absolute atomic E-state index is 0.0251. The Bertz CT molecular complexity index is 537. The highest BCUT2D eigenvalue weighted by atomic mass is 16.5. The van der Waals surface area contributed by atoms with Gasteiger partial charge in [0.1, 0.15) is 0 Å². The Balaban J connectivity index is 1.55. The van der Waals surface area contributed by atoms with E-state index in [9.17, 15) is 14.4 Å². The molecule has 0 aromatic heterocycles. The third-order valence-electron chi connectivity index (χ3n) is 5.70. The van der Waals surface area contributed by atoms with Gasteiger partial charge in [-0.1, -0.05) is 0 Å². The molecule has 2 aliphatic heterocycles. The first kappa shape index (κ1) is 23.6. The van der Waals surface area contributed by atoms with E-state index >= 15 is 0 Å². The molecule has 166 valence electrons. The van der Waals surface area contributed by atoms with Gasteiger partial charge in [0.2, 0.25) is 11.8 Å². The van der Waals surface area contributed by atoms with Crippen LogP contribution in [0.2, 0.25) is 0 Å². The molecule has 2 aliphatic rings. The Hall–Kier alpha value is -1.71. The molecule has 0 radical (unpaired) electrons. The van der Waals surface area contributed by atoms with E-state index in [1.165, 1.54) is 0 Å². The van der Waals surface area contributed by atoms with Crippen LogP contribution in [-0.4, -0.2) is 110 Å². The van der Waals surface area contributed by atoms with Gasteiger partial charge < -0.3 is 20.6 Å². The molecule has 2 saturated heterocycles. The van der Waals surface area contributed by atoms with Gasteiger partial charge in [-0.15, -0.1) is 0 Å². The van der Waals surface area contributed by atoms with Crippen LogP contribution in [0.15, 0.2) is 0 Å². The first-order valence-corrected chi connectivity index (χ1v) is 10.8. The van der Waals surface area contributed by atoms with Crippen LogP contribution in [0.25, 0.3) is 0 Å². The van der Waals surface area contributed by atoms with Crippen molar-refractivity contribution < 1.29 is 19.5 Å². The molecule has 0 bridgehead atoms. The van der Waals surface area contributed by atoms with Crippen molar-refractivity contribution in [3.05, 3.63) is 0 Å². The van der Waals surface area contributed by atoms with Crippen LogP contribution in [-0.2, 0) is 14.4 Å². The molecule has 2 heterocycles. The average Bonchev–Trinajstić information content (AvgIpc) is 3.10. The summed E-state index contributed by atoms with van der Waals surface area (Å²) in [6.45, 7) is 7.74. The lowest BCUT2D eigenvalue weighted by Crippen LogP contribution is -2.50. The Morgan fingerprint density at radius 1 is 0.931 bits per heavy atom. The number of piperazine rings is 1. The Morgan fingerprint density at radius 2 is 1.59 bits per heavy atom. The number of nitrogens with one attached hydrogen (secondary N) is 2. The number of carbonyl (C=O) groups is 3. The third kappa shape index (κ3) is 9.56. The largest absolute Gasteiger partial charge is 0.481 e. The Labute approximate surface area is 173 Å². The van der Waals surface area contributed by atoms with Gasteiger partial charge in [-0.2, -0.15) is 0 Å². The standard InChI is InChI=1S/C20H37N5O4/c1-23-11-13-24(14-12-23)15-17-5-4-10-25(17)16-19(27)22-8-2-6-18(26)21-9-3-7-20(28)29/h17H,2-16H2,1H3,(H,21,26)(H,22,27)(H,28,29)/i2+1,3+1,6+1,7+1,8+1,9+1,15+1,18+1,20+1,21+1,24+1,25+1. The molecular formula is C20H37N5O4. The average molecular weight is 423 g/mol. The highest BCUT2D eigenvalue weighted by Crippen LogP contribution is 2.18. The molecule has 9 nitrogen and oxygen atoms in total. The van der Waals surface area contributed by atoms with Crippen molar-refractivity contribution in [2.75, 3.05) is 66.0 Å². The second-order valence-corrected chi connectivity index (χ2v) is 8.17. The van der Waals surface area contributed by atoms with Crippen LogP contribution < -0.4 is 10.6 Å². The molecule has 3 N–H and O–H groups in total. The lowest BCUT2D eigenvalue weighted by atomic mass is 10.3. The molecule has 9 heteroatoms. The van der Waals surface area contributed by atoms with E-state index in [0.717, 1.165) is 52.1 Å². The van der Waals surface area contributed by atoms with Crippen molar-refractivity contribution in [2.24, 2.45) is 0 Å². The quantitative estimate of drug-likeness (QED) is 0.222. The highest BCUT2D eigenvalue weighted by molar-refractivity contribution is 5.78. The monoisotopic (exact) mass is 423 g/mol. The van der Waals surface area contributed by atoms with Gasteiger partial charge in [0.15, 0.2) is 0 Å². The SMILES string of the molecule is CN1CC[15N]([13CH2]C2CCC[15N]2CC(=O)N[13CH2][13CH2][13CH2][13C](=O)[15NH][13CH2][13CH2][13CH2][13C](=O)O)CC1. The number of likely N-dealkylation sites (tertiary alicyclic amines) is 1. The maximum absolute atomic E-state index is 12.3. The van der Waals surface area contributed by atoms with E-state index < -0.39 is 5.97 Å². The van der Waals surface area contributed by atoms with Gasteiger partial charge in [0, 0.05) is 64.7 Å². The number of likely N-dealkylation sites (N-methyl/N-ethyl adjacent to an activating group) is 1. The molecule has 1 unspecified atom stereocenters. The zero-order valence-corrected chi connectivity index (χ0v) is 17.7. The fourth-order valence-electron chi connectivity index (χ4n) is 3.91. The maximum atomic E-state index is 12.3. The van der Waals surface area contributed by atoms with E-state index in [-0.39, 0.29) is 18.2 Å². The molecule has 0 spiro atoms. The molecule has 29 heavy (non-hydrogen) atoms. The highest BCUT2D eigenvalue weighted by Gasteiger charge is 2.28. The third-order valence-corrected chi connectivity index (χ3v) is 5.70. The van der Waals surface area contributed by atoms with Crippen LogP contribution in [0, 0.1) is 0 Å². The molecule has 0 aromatic carbocycles. The van der Waals surface area contributed by atoms with E-state index in [1.807, 2.05) is 0 Å². The van der Waals surface area contributed by atoms with Gasteiger partial charge in [0.05, 0.1) is 6.54 Å². The number of hydrogen-bond donors (Lipinski definition) is 3. The van der Waals surface area contributed by atoms with Crippen molar-refractivity contribution >= 4 is 17.8 Å². The summed E-state index contributed by atoms with van der Waals surface area (Å²) in [5.74, 6) is -0.931. The molecule has 0 aliphatic carbocycles. The van der Waals surface area contributed by atoms with E-state index in [1.54, 1.807) is 0 Å². The molecular weight excluding hydrogens is 386 g/mol. The first-order chi connectivity index (χ1) is 13.9. The number of hydrogen-bond acceptors (Lipinski definition) is 6. The minimum Gasteiger partial charge on any atom is -0.481 e. The smallest absolute Gasteiger partial charge is 0.303 e. The summed E-state index contributed by atoms with van der Waals surface area (Å²) in [6, 6.07) is 0.459. The van der Waals surface area contributed by atoms with Gasteiger partial charge in [-0.3, -0.25) is 24.2 Å². The molecule has 2 fully saturated rings. The summed E-state index contributed by atoms with van der Waals surface area (Å²) < 4.78 is 0. The summed E-state index contributed by atoms with van der Waals surface area (Å²) >= 11 is 0. The molecule has 0 aromatic rings. The fraction of sp³-hybridized carbons (Fsp3) is 0.850.